The van der Waals surface area contributed by atoms with Crippen molar-refractivity contribution >= 4 is 94.5 Å². The van der Waals surface area contributed by atoms with E-state index in [1.807, 2.05) is 13.8 Å². The van der Waals surface area contributed by atoms with Gasteiger partial charge in [-0.25, -0.2) is 4.79 Å². The molecule has 0 radical (unpaired) electrons. The van der Waals surface area contributed by atoms with E-state index in [2.05, 4.69) is 42.5 Å². The molecule has 22 atom stereocenters. The second kappa shape index (κ2) is 45.5. The number of carbonyl (C=O) groups is 16. The molecule has 39 heteroatoms. The number of nitrogens with two attached hydrogens (primary N) is 6. The molecule has 622 valence electrons. The molecule has 1 rings (SSSR count). The molecule has 0 bridgehead atoms. The number of rotatable bonds is 37. The number of hydrogen-bond donors (Lipinski definition) is 19. The zero-order valence-corrected chi connectivity index (χ0v) is 65.8. The first-order valence-electron chi connectivity index (χ1n) is 36.6. The molecule has 0 aromatic rings. The summed E-state index contributed by atoms with van der Waals surface area (Å²) in [5.41, 5.74) is 32.0. The summed E-state index contributed by atoms with van der Waals surface area (Å²) in [5, 5.41) is 76.0. The molecule has 0 saturated carbocycles. The highest BCUT2D eigenvalue weighted by Crippen LogP contribution is 2.27. The molecule has 13 unspecified atom stereocenters. The van der Waals surface area contributed by atoms with Crippen molar-refractivity contribution in [3.63, 3.8) is 0 Å². The highest BCUT2D eigenvalue weighted by molar-refractivity contribution is 6.01. The van der Waals surface area contributed by atoms with E-state index in [4.69, 9.17) is 43.9 Å². The predicted octanol–water partition coefficient (Wildman–Crippen LogP) is -6.83. The van der Waals surface area contributed by atoms with Crippen LogP contribution in [0.3, 0.4) is 0 Å². The number of cyclic esters (lactones) is 1. The van der Waals surface area contributed by atoms with Gasteiger partial charge in [0.05, 0.1) is 48.1 Å². The van der Waals surface area contributed by atoms with E-state index in [-0.39, 0.29) is 44.1 Å². The maximum Gasteiger partial charge on any atom is 0.329 e. The summed E-state index contributed by atoms with van der Waals surface area (Å²) in [7, 11) is 3.02. The molecule has 1 fully saturated rings. The van der Waals surface area contributed by atoms with Crippen LogP contribution < -0.4 is 76.9 Å². The number of aliphatic hydroxyl groups is 5. The van der Waals surface area contributed by atoms with Crippen LogP contribution in [0, 0.1) is 47.3 Å². The van der Waals surface area contributed by atoms with Crippen molar-refractivity contribution in [1.29, 1.82) is 0 Å². The van der Waals surface area contributed by atoms with Crippen LogP contribution in [0.4, 0.5) is 0 Å². The van der Waals surface area contributed by atoms with Gasteiger partial charge in [0.2, 0.25) is 76.8 Å². The minimum absolute atomic E-state index is 0.00226. The molecule has 14 amide bonds. The summed E-state index contributed by atoms with van der Waals surface area (Å²) >= 11 is 0. The van der Waals surface area contributed by atoms with Gasteiger partial charge in [0.15, 0.2) is 18.0 Å². The van der Waals surface area contributed by atoms with Crippen LogP contribution in [-0.4, -0.2) is 267 Å². The molecule has 0 spiro atoms. The molecule has 1 aliphatic heterocycles. The lowest BCUT2D eigenvalue weighted by Gasteiger charge is -2.37. The fourth-order valence-electron chi connectivity index (χ4n) is 12.4. The van der Waals surface area contributed by atoms with Crippen molar-refractivity contribution in [3.05, 3.63) is 0 Å². The van der Waals surface area contributed by atoms with Crippen molar-refractivity contribution in [2.24, 2.45) is 81.7 Å². The van der Waals surface area contributed by atoms with Crippen molar-refractivity contribution in [2.45, 2.75) is 264 Å². The number of esters is 1. The average molecular weight is 1560 g/mol. The highest BCUT2D eigenvalue weighted by Gasteiger charge is 2.48. The van der Waals surface area contributed by atoms with Gasteiger partial charge in [-0.1, -0.05) is 75.7 Å². The van der Waals surface area contributed by atoms with E-state index >= 15 is 9.59 Å². The maximum absolute atomic E-state index is 15.3. The molecule has 0 aromatic heterocycles. The smallest absolute Gasteiger partial charge is 0.329 e. The Kier molecular flexibility index (Phi) is 41.1. The molecule has 25 N–H and O–H groups in total. The van der Waals surface area contributed by atoms with Crippen LogP contribution in [0.5, 0.6) is 0 Å². The fraction of sp³-hybridized carbons (Fsp3) is 0.771. The van der Waals surface area contributed by atoms with E-state index in [1.54, 1.807) is 34.6 Å². The highest BCUT2D eigenvalue weighted by atomic mass is 16.5. The number of Topliss-reactive ketones (excluding diaryl/α,β-unsaturated/α-hetero) is 1. The first-order chi connectivity index (χ1) is 50.4. The monoisotopic (exact) mass is 1560 g/mol. The SMILES string of the molecule is CCC(C)CC(C)C(O)C(C)C(=O)N[C@H](CN)C(=O)NC(C(O)C(O)C(=O)NC(C(=O)C[C@H]1C(=O)N[C@H]([C@@H](C)O)C(=O)NC(CCCN)C(=O)N[C@@H](CC(C)C)C(=O)N(C)[C@@H](CCC(N)=O)C(=O)NC(C(OC)C(N)=O)C(=O)N[C@H](CC(N)=O)C(=O)N(C)[C@@H](CC(C)C)C(=O)O[C@@H]1C)C(C)C(C)C(N)=O)C(C)(C)O. The number of likely N-dealkylation sites (N-methyl/N-ethyl adjacent to an activating group) is 2. The van der Waals surface area contributed by atoms with Crippen LogP contribution >= 0.6 is 0 Å². The molecule has 109 heavy (non-hydrogen) atoms. The Morgan fingerprint density at radius 1 is 0.606 bits per heavy atom. The number of nitrogens with one attached hydrogen (secondary N) is 8. The molecule has 1 heterocycles. The minimum atomic E-state index is -2.72. The molecular weight excluding hydrogens is 1430 g/mol. The number of amides is 14. The zero-order valence-electron chi connectivity index (χ0n) is 65.8. The van der Waals surface area contributed by atoms with E-state index in [1.165, 1.54) is 20.8 Å². The van der Waals surface area contributed by atoms with Gasteiger partial charge in [0.1, 0.15) is 60.5 Å². The number of primary amides is 4. The van der Waals surface area contributed by atoms with E-state index in [0.717, 1.165) is 60.2 Å². The van der Waals surface area contributed by atoms with Gasteiger partial charge in [0.25, 0.3) is 5.91 Å². The third-order valence-corrected chi connectivity index (χ3v) is 19.6. The maximum atomic E-state index is 15.3. The van der Waals surface area contributed by atoms with Gasteiger partial charge in [-0.2, -0.15) is 0 Å². The van der Waals surface area contributed by atoms with Gasteiger partial charge in [-0.15, -0.1) is 0 Å². The van der Waals surface area contributed by atoms with Crippen LogP contribution in [-0.2, 0) is 86.2 Å². The van der Waals surface area contributed by atoms with Crippen LogP contribution in [0.1, 0.15) is 161 Å². The molecular formula is C70H124N16O23. The number of ketones is 1. The predicted molar refractivity (Wildman–Crippen MR) is 392 cm³/mol. The van der Waals surface area contributed by atoms with Crippen molar-refractivity contribution in [3.8, 4) is 0 Å². The Balaban J connectivity index is 4.50. The minimum Gasteiger partial charge on any atom is -0.460 e. The number of nitrogens with zero attached hydrogens (tertiary/aromatic N) is 2. The van der Waals surface area contributed by atoms with Crippen molar-refractivity contribution in [1.82, 2.24) is 52.3 Å². The molecule has 0 aliphatic carbocycles. The van der Waals surface area contributed by atoms with Gasteiger partial charge in [-0.05, 0) is 102 Å². The zero-order chi connectivity index (χ0) is 84.3. The van der Waals surface area contributed by atoms with Crippen LogP contribution in [0.15, 0.2) is 0 Å². The molecule has 39 nitrogen and oxygen atoms in total. The Bertz CT molecular complexity index is 3160. The third-order valence-electron chi connectivity index (χ3n) is 19.6. The summed E-state index contributed by atoms with van der Waals surface area (Å²) < 4.78 is 11.2. The summed E-state index contributed by atoms with van der Waals surface area (Å²) in [4.78, 5) is 228. The summed E-state index contributed by atoms with van der Waals surface area (Å²) in [6, 6.07) is -19.0. The van der Waals surface area contributed by atoms with Crippen LogP contribution in [0.2, 0.25) is 0 Å². The number of carbonyl (C=O) groups excluding carboxylic acids is 16. The number of hydrogen-bond acceptors (Lipinski definition) is 25. The topological polar surface area (TPSA) is 652 Å². The van der Waals surface area contributed by atoms with Gasteiger partial charge >= 0.3 is 5.97 Å². The lowest BCUT2D eigenvalue weighted by Crippen LogP contribution is -2.65. The second-order valence-corrected chi connectivity index (χ2v) is 30.1. The summed E-state index contributed by atoms with van der Waals surface area (Å²) in [5.74, 6) is -26.8. The number of ether oxygens (including phenoxy) is 2. The summed E-state index contributed by atoms with van der Waals surface area (Å²) in [6.07, 6.45) is -15.2. The van der Waals surface area contributed by atoms with E-state index in [0.29, 0.717) is 11.3 Å². The van der Waals surface area contributed by atoms with E-state index < -0.39 is 265 Å². The Hall–Kier alpha value is -8.60. The largest absolute Gasteiger partial charge is 0.460 e. The second-order valence-electron chi connectivity index (χ2n) is 30.1. The Morgan fingerprint density at radius 2 is 1.14 bits per heavy atom. The Labute approximate surface area is 636 Å². The van der Waals surface area contributed by atoms with Gasteiger partial charge in [-0.3, -0.25) is 71.9 Å². The normalized spacial score (nSPS) is 24.5. The quantitative estimate of drug-likeness (QED) is 0.0257. The lowest BCUT2D eigenvalue weighted by atomic mass is 9.82. The first kappa shape index (κ1) is 98.4. The lowest BCUT2D eigenvalue weighted by molar-refractivity contribution is -0.164. The number of aliphatic hydroxyl groups excluding tert-OH is 4. The molecule has 1 aliphatic rings. The van der Waals surface area contributed by atoms with Gasteiger partial charge < -0.3 is 122 Å². The van der Waals surface area contributed by atoms with E-state index in [9.17, 15) is 92.7 Å². The van der Waals surface area contributed by atoms with Crippen LogP contribution in [0.25, 0.3) is 0 Å². The molecule has 0 aromatic carbocycles. The molecule has 1 saturated heterocycles. The van der Waals surface area contributed by atoms with Crippen molar-refractivity contribution < 1.29 is 112 Å². The summed E-state index contributed by atoms with van der Waals surface area (Å²) in [6.45, 7) is 19.6. The standard InChI is InChI=1S/C70H124N16O23/c1-18-32(6)26-33(7)52(91)36(10)59(96)80-43(29-72)62(99)84-56(70(13,14)107)53(92)54(93)66(103)81-49(34(8)35(9)57(75)94)46(88)27-39-38(12)109-69(106)45(25-31(4)5)86(16)68(105)42(28-48(74)90)79-65(102)51(55(108-17)58(76)95)83-63(100)44(21-22-47(73)89)85(15)67(104)41(24-30(2)3)78-61(98)40(20-19-23-71)77-64(101)50(37(11)87)82-60(39)97/h30-45,49-56,87,91-93,107H,18-29,71-72H2,1-17H3,(H2,73,89)(H2,74,90)(H2,75,94)(H2,76,95)(H,77,101)(H,78,98)(H,79,102)(H,80,96)(H,81,103)(H,82,97)(H,83,100)(H,84,99)/t32?,33?,34?,35?,36?,37-,38-,39-,40?,41+,42-,43-,44+,45+,49?,50-,51?,52?,53?,54?,55?,56?/m1/s1. The van der Waals surface area contributed by atoms with Crippen molar-refractivity contribution in [2.75, 3.05) is 34.3 Å². The Morgan fingerprint density at radius 3 is 1.62 bits per heavy atom. The first-order valence-corrected chi connectivity index (χ1v) is 36.6. The number of methoxy groups -OCH3 is 1. The fourth-order valence-corrected chi connectivity index (χ4v) is 12.4. The average Bonchev–Trinajstić information content (AvgIpc) is 1.04. The van der Waals surface area contributed by atoms with Gasteiger partial charge in [0, 0.05) is 46.5 Å². The third kappa shape index (κ3) is 30.3.